The van der Waals surface area contributed by atoms with E-state index in [1.54, 1.807) is 6.20 Å². The number of carbonyl (C=O) groups is 1. The highest BCUT2D eigenvalue weighted by atomic mass is 16.1. The van der Waals surface area contributed by atoms with E-state index in [2.05, 4.69) is 31.7 Å². The van der Waals surface area contributed by atoms with Crippen LogP contribution in [-0.2, 0) is 4.79 Å². The molecule has 0 bridgehead atoms. The number of aromatic nitrogens is 4. The number of anilines is 3. The molecule has 3 aromatic heterocycles. The van der Waals surface area contributed by atoms with Crippen LogP contribution < -0.4 is 10.6 Å². The van der Waals surface area contributed by atoms with Gasteiger partial charge in [-0.3, -0.25) is 9.20 Å². The number of benzene rings is 2. The molecule has 0 unspecified atom stereocenters. The van der Waals surface area contributed by atoms with Crippen molar-refractivity contribution in [1.82, 2.24) is 19.4 Å². The maximum atomic E-state index is 11.4. The molecular weight excluding hydrogens is 364 g/mol. The first-order valence-electron chi connectivity index (χ1n) is 9.22. The molecule has 5 rings (SSSR count). The molecule has 2 aromatic carbocycles. The average Bonchev–Trinajstić information content (AvgIpc) is 3.34. The summed E-state index contributed by atoms with van der Waals surface area (Å²) in [4.78, 5) is 23.6. The summed E-state index contributed by atoms with van der Waals surface area (Å²) in [5.74, 6) is 0.571. The molecule has 0 saturated heterocycles. The van der Waals surface area contributed by atoms with Gasteiger partial charge in [0, 0.05) is 53.4 Å². The summed E-state index contributed by atoms with van der Waals surface area (Å²) in [6, 6.07) is 15.8. The van der Waals surface area contributed by atoms with Gasteiger partial charge in [0.2, 0.25) is 5.91 Å². The van der Waals surface area contributed by atoms with Crippen molar-refractivity contribution in [2.45, 2.75) is 6.92 Å². The van der Waals surface area contributed by atoms with Crippen molar-refractivity contribution >= 4 is 39.6 Å². The van der Waals surface area contributed by atoms with Crippen molar-refractivity contribution in [3.05, 3.63) is 73.3 Å². The maximum absolute atomic E-state index is 11.4. The van der Waals surface area contributed by atoms with Crippen molar-refractivity contribution in [3.63, 3.8) is 0 Å². The molecule has 0 spiro atoms. The molecule has 142 valence electrons. The van der Waals surface area contributed by atoms with Gasteiger partial charge in [0.05, 0.1) is 11.9 Å². The van der Waals surface area contributed by atoms with E-state index < -0.39 is 0 Å². The third-order valence-corrected chi connectivity index (χ3v) is 4.72. The number of fused-ring (bicyclic) bond motifs is 2. The van der Waals surface area contributed by atoms with Crippen LogP contribution in [0.3, 0.4) is 0 Å². The van der Waals surface area contributed by atoms with E-state index in [4.69, 9.17) is 0 Å². The number of rotatable bonds is 4. The molecule has 0 radical (unpaired) electrons. The molecule has 5 aromatic rings. The number of amides is 1. The van der Waals surface area contributed by atoms with Gasteiger partial charge in [0.15, 0.2) is 11.5 Å². The zero-order valence-corrected chi connectivity index (χ0v) is 15.7. The Morgan fingerprint density at radius 2 is 2.00 bits per heavy atom. The van der Waals surface area contributed by atoms with Crippen LogP contribution in [0.1, 0.15) is 6.92 Å². The molecular formula is C22H18N6O. The summed E-state index contributed by atoms with van der Waals surface area (Å²) >= 11 is 0. The second-order valence-electron chi connectivity index (χ2n) is 6.78. The number of imidazole rings is 1. The lowest BCUT2D eigenvalue weighted by atomic mass is 10.1. The largest absolute Gasteiger partial charge is 0.361 e. The maximum Gasteiger partial charge on any atom is 0.221 e. The van der Waals surface area contributed by atoms with Gasteiger partial charge in [-0.2, -0.15) is 0 Å². The minimum atomic E-state index is -0.102. The Hall–Kier alpha value is -4.13. The summed E-state index contributed by atoms with van der Waals surface area (Å²) in [7, 11) is 0. The van der Waals surface area contributed by atoms with Gasteiger partial charge in [-0.25, -0.2) is 9.97 Å². The number of nitrogens with one attached hydrogen (secondary N) is 3. The zero-order chi connectivity index (χ0) is 19.8. The van der Waals surface area contributed by atoms with Gasteiger partial charge in [-0.1, -0.05) is 12.1 Å². The number of carbonyl (C=O) groups excluding carboxylic acids is 1. The number of nitrogens with zero attached hydrogens (tertiary/aromatic N) is 3. The molecule has 7 heteroatoms. The second-order valence-corrected chi connectivity index (χ2v) is 6.78. The first-order chi connectivity index (χ1) is 14.2. The van der Waals surface area contributed by atoms with Crippen molar-refractivity contribution in [2.24, 2.45) is 0 Å². The van der Waals surface area contributed by atoms with Gasteiger partial charge in [0.1, 0.15) is 0 Å². The summed E-state index contributed by atoms with van der Waals surface area (Å²) in [5.41, 5.74) is 5.37. The van der Waals surface area contributed by atoms with Crippen LogP contribution in [0.5, 0.6) is 0 Å². The molecule has 0 aliphatic rings. The lowest BCUT2D eigenvalue weighted by molar-refractivity contribution is -0.114. The molecule has 3 heterocycles. The third kappa shape index (κ3) is 3.19. The first-order valence-corrected chi connectivity index (χ1v) is 9.22. The van der Waals surface area contributed by atoms with Gasteiger partial charge >= 0.3 is 0 Å². The lowest BCUT2D eigenvalue weighted by Crippen LogP contribution is -2.05. The highest BCUT2D eigenvalue weighted by molar-refractivity contribution is 5.89. The Labute approximate surface area is 166 Å². The van der Waals surface area contributed by atoms with E-state index in [1.165, 1.54) is 6.92 Å². The summed E-state index contributed by atoms with van der Waals surface area (Å²) < 4.78 is 1.98. The SMILES string of the molecule is CC(=O)Nc1cccc(-c2cnc3c(Nc4ccc5[nH]ccc5c4)nccn23)c1. The Morgan fingerprint density at radius 3 is 2.90 bits per heavy atom. The third-order valence-electron chi connectivity index (χ3n) is 4.72. The smallest absolute Gasteiger partial charge is 0.221 e. The fourth-order valence-corrected chi connectivity index (χ4v) is 3.45. The minimum absolute atomic E-state index is 0.102. The second kappa shape index (κ2) is 6.79. The van der Waals surface area contributed by atoms with Crippen molar-refractivity contribution in [1.29, 1.82) is 0 Å². The van der Waals surface area contributed by atoms with Crippen LogP contribution >= 0.6 is 0 Å². The fourth-order valence-electron chi connectivity index (χ4n) is 3.45. The van der Waals surface area contributed by atoms with Crippen molar-refractivity contribution < 1.29 is 4.79 Å². The summed E-state index contributed by atoms with van der Waals surface area (Å²) in [5, 5.41) is 7.31. The van der Waals surface area contributed by atoms with Crippen LogP contribution in [0.25, 0.3) is 27.8 Å². The van der Waals surface area contributed by atoms with Gasteiger partial charge in [-0.15, -0.1) is 0 Å². The predicted molar refractivity (Wildman–Crippen MR) is 114 cm³/mol. The van der Waals surface area contributed by atoms with Gasteiger partial charge in [-0.05, 0) is 36.4 Å². The topological polar surface area (TPSA) is 87.1 Å². The fraction of sp³-hybridized carbons (Fsp3) is 0.0455. The monoisotopic (exact) mass is 382 g/mol. The van der Waals surface area contributed by atoms with E-state index in [0.717, 1.165) is 39.2 Å². The number of H-pyrrole nitrogens is 1. The Kier molecular flexibility index (Phi) is 3.98. The zero-order valence-electron chi connectivity index (χ0n) is 15.7. The molecule has 1 amide bonds. The van der Waals surface area contributed by atoms with Gasteiger partial charge in [0.25, 0.3) is 0 Å². The quantitative estimate of drug-likeness (QED) is 0.425. The van der Waals surface area contributed by atoms with Crippen LogP contribution in [0, 0.1) is 0 Å². The van der Waals surface area contributed by atoms with E-state index in [1.807, 2.05) is 65.5 Å². The normalized spacial score (nSPS) is 11.1. The molecule has 0 atom stereocenters. The first kappa shape index (κ1) is 17.0. The molecule has 0 aliphatic heterocycles. The number of hydrogen-bond donors (Lipinski definition) is 3. The van der Waals surface area contributed by atoms with E-state index >= 15 is 0 Å². The predicted octanol–water partition coefficient (Wildman–Crippen LogP) is 4.58. The van der Waals surface area contributed by atoms with E-state index in [-0.39, 0.29) is 5.91 Å². The van der Waals surface area contributed by atoms with Crippen LogP contribution in [0.4, 0.5) is 17.2 Å². The highest BCUT2D eigenvalue weighted by Crippen LogP contribution is 2.27. The minimum Gasteiger partial charge on any atom is -0.361 e. The molecule has 3 N–H and O–H groups in total. The number of hydrogen-bond acceptors (Lipinski definition) is 4. The molecule has 0 fully saturated rings. The number of aromatic amines is 1. The van der Waals surface area contributed by atoms with Crippen molar-refractivity contribution in [3.8, 4) is 11.3 Å². The van der Waals surface area contributed by atoms with Crippen LogP contribution in [-0.4, -0.2) is 25.3 Å². The standard InChI is InChI=1S/C22H18N6O/c1-14(29)26-17-4-2-3-16(12-17)20-13-25-22-21(24-9-10-28(20)22)27-18-5-6-19-15(11-18)7-8-23-19/h2-13,23H,1H3,(H,24,27)(H,26,29). The highest BCUT2D eigenvalue weighted by Gasteiger charge is 2.11. The Balaban J connectivity index is 1.53. The summed E-state index contributed by atoms with van der Waals surface area (Å²) in [6.07, 6.45) is 7.35. The molecule has 7 nitrogen and oxygen atoms in total. The molecule has 29 heavy (non-hydrogen) atoms. The summed E-state index contributed by atoms with van der Waals surface area (Å²) in [6.45, 7) is 1.50. The lowest BCUT2D eigenvalue weighted by Gasteiger charge is -2.09. The van der Waals surface area contributed by atoms with E-state index in [9.17, 15) is 4.79 Å². The van der Waals surface area contributed by atoms with Crippen LogP contribution in [0.15, 0.2) is 73.3 Å². The molecule has 0 saturated carbocycles. The van der Waals surface area contributed by atoms with Crippen LogP contribution in [0.2, 0.25) is 0 Å². The molecule has 0 aliphatic carbocycles. The van der Waals surface area contributed by atoms with Gasteiger partial charge < -0.3 is 15.6 Å². The Morgan fingerprint density at radius 1 is 1.07 bits per heavy atom. The Bertz CT molecular complexity index is 1350. The average molecular weight is 382 g/mol. The van der Waals surface area contributed by atoms with E-state index in [0.29, 0.717) is 5.82 Å². The van der Waals surface area contributed by atoms with Crippen molar-refractivity contribution in [2.75, 3.05) is 10.6 Å².